The second-order valence-electron chi connectivity index (χ2n) is 4.13. The minimum Gasteiger partial charge on any atom is -0.393 e. The van der Waals surface area contributed by atoms with Crippen molar-refractivity contribution in [2.24, 2.45) is 0 Å². The fraction of sp³-hybridized carbons (Fsp3) is 0.667. The molecule has 1 fully saturated rings. The number of aliphatic hydroxyl groups excluding tert-OH is 1. The van der Waals surface area contributed by atoms with Crippen LogP contribution in [0.3, 0.4) is 0 Å². The van der Waals surface area contributed by atoms with Crippen molar-refractivity contribution in [1.82, 2.24) is 9.88 Å². The molecule has 2 N–H and O–H groups in total. The van der Waals surface area contributed by atoms with Gasteiger partial charge < -0.3 is 9.63 Å². The van der Waals surface area contributed by atoms with E-state index in [4.69, 9.17) is 9.63 Å². The predicted octanol–water partition coefficient (Wildman–Crippen LogP) is -0.0743. The topological polar surface area (TPSA) is 92.4 Å². The van der Waals surface area contributed by atoms with E-state index >= 15 is 0 Å². The Hall–Kier alpha value is -0.920. The van der Waals surface area contributed by atoms with Gasteiger partial charge in [-0.2, -0.15) is 0 Å². The Kier molecular flexibility index (Phi) is 3.00. The zero-order chi connectivity index (χ0) is 11.8. The highest BCUT2D eigenvalue weighted by atomic mass is 32.2. The monoisotopic (exact) mass is 246 g/mol. The van der Waals surface area contributed by atoms with E-state index in [0.717, 1.165) is 0 Å². The molecule has 7 heteroatoms. The molecule has 0 unspecified atom stereocenters. The van der Waals surface area contributed by atoms with Crippen molar-refractivity contribution >= 4 is 10.0 Å². The normalized spacial score (nSPS) is 25.4. The van der Waals surface area contributed by atoms with Gasteiger partial charge in [0.05, 0.1) is 6.10 Å². The molecule has 0 atom stereocenters. The number of aliphatic hydroxyl groups is 1. The Morgan fingerprint density at radius 2 is 2.31 bits per heavy atom. The molecule has 2 rings (SSSR count). The van der Waals surface area contributed by atoms with E-state index in [1.165, 1.54) is 0 Å². The lowest BCUT2D eigenvalue weighted by atomic mass is 9.91. The quantitative estimate of drug-likeness (QED) is 0.775. The maximum Gasteiger partial charge on any atom is 0.217 e. The molecule has 0 aliphatic heterocycles. The van der Waals surface area contributed by atoms with Crippen molar-refractivity contribution in [2.75, 3.05) is 0 Å². The van der Waals surface area contributed by atoms with Crippen LogP contribution in [-0.4, -0.2) is 30.8 Å². The van der Waals surface area contributed by atoms with Gasteiger partial charge in [-0.05, 0) is 19.8 Å². The second-order valence-corrected chi connectivity index (χ2v) is 5.88. The highest BCUT2D eigenvalue weighted by molar-refractivity contribution is 7.88. The SMILES string of the molecule is Cc1cc(CS(=O)(=O)NC2CC(O)C2)no1. The standard InChI is InChI=1S/C9H14N2O4S/c1-6-2-8(10-15-6)5-16(13,14)11-7-3-9(12)4-7/h2,7,9,11-12H,3-5H2,1H3. The molecule has 0 bridgehead atoms. The van der Waals surface area contributed by atoms with Gasteiger partial charge in [0, 0.05) is 12.1 Å². The summed E-state index contributed by atoms with van der Waals surface area (Å²) in [7, 11) is -3.39. The Morgan fingerprint density at radius 3 is 2.81 bits per heavy atom. The number of hydrogen-bond acceptors (Lipinski definition) is 5. The van der Waals surface area contributed by atoms with Crippen LogP contribution in [0.25, 0.3) is 0 Å². The molecule has 0 radical (unpaired) electrons. The highest BCUT2D eigenvalue weighted by Crippen LogP contribution is 2.20. The summed E-state index contributed by atoms with van der Waals surface area (Å²) in [5.74, 6) is 0.404. The van der Waals surface area contributed by atoms with E-state index in [9.17, 15) is 8.42 Å². The van der Waals surface area contributed by atoms with Gasteiger partial charge in [-0.1, -0.05) is 5.16 Å². The maximum absolute atomic E-state index is 11.6. The highest BCUT2D eigenvalue weighted by Gasteiger charge is 2.30. The molecule has 90 valence electrons. The van der Waals surface area contributed by atoms with Gasteiger partial charge in [0.15, 0.2) is 0 Å². The van der Waals surface area contributed by atoms with Crippen LogP contribution in [0.1, 0.15) is 24.3 Å². The summed E-state index contributed by atoms with van der Waals surface area (Å²) in [6.45, 7) is 1.71. The van der Waals surface area contributed by atoms with E-state index in [-0.39, 0.29) is 17.9 Å². The first-order chi connectivity index (χ1) is 7.44. The molecule has 0 spiro atoms. The van der Waals surface area contributed by atoms with E-state index < -0.39 is 10.0 Å². The Bertz CT molecular complexity index is 462. The number of hydrogen-bond donors (Lipinski definition) is 2. The molecule has 6 nitrogen and oxygen atoms in total. The first kappa shape index (κ1) is 11.6. The van der Waals surface area contributed by atoms with E-state index in [0.29, 0.717) is 24.3 Å². The summed E-state index contributed by atoms with van der Waals surface area (Å²) < 4.78 is 30.6. The lowest BCUT2D eigenvalue weighted by molar-refractivity contribution is 0.0712. The van der Waals surface area contributed by atoms with Gasteiger partial charge in [0.25, 0.3) is 0 Å². The molecule has 1 saturated carbocycles. The molecule has 1 aromatic heterocycles. The van der Waals surface area contributed by atoms with Crippen molar-refractivity contribution in [3.63, 3.8) is 0 Å². The van der Waals surface area contributed by atoms with Crippen molar-refractivity contribution in [3.8, 4) is 0 Å². The van der Waals surface area contributed by atoms with Crippen molar-refractivity contribution in [1.29, 1.82) is 0 Å². The summed E-state index contributed by atoms with van der Waals surface area (Å²) in [5.41, 5.74) is 0.393. The zero-order valence-electron chi connectivity index (χ0n) is 8.88. The van der Waals surface area contributed by atoms with Crippen LogP contribution in [0.2, 0.25) is 0 Å². The molecule has 0 aromatic carbocycles. The largest absolute Gasteiger partial charge is 0.393 e. The summed E-state index contributed by atoms with van der Waals surface area (Å²) in [6.07, 6.45) is 0.593. The molecular formula is C9H14N2O4S. The third kappa shape index (κ3) is 2.81. The maximum atomic E-state index is 11.6. The number of aryl methyl sites for hydroxylation is 1. The van der Waals surface area contributed by atoms with Gasteiger partial charge in [-0.3, -0.25) is 0 Å². The minimum absolute atomic E-state index is 0.145. The third-order valence-electron chi connectivity index (χ3n) is 2.47. The number of rotatable bonds is 4. The first-order valence-corrected chi connectivity index (χ1v) is 6.70. The van der Waals surface area contributed by atoms with Gasteiger partial charge in [0.2, 0.25) is 10.0 Å². The lowest BCUT2D eigenvalue weighted by Crippen LogP contribution is -2.46. The Morgan fingerprint density at radius 1 is 1.62 bits per heavy atom. The summed E-state index contributed by atoms with van der Waals surface area (Å²) >= 11 is 0. The Labute approximate surface area is 93.7 Å². The van der Waals surface area contributed by atoms with Gasteiger partial charge in [-0.25, -0.2) is 13.1 Å². The first-order valence-electron chi connectivity index (χ1n) is 5.05. The number of sulfonamides is 1. The molecule has 1 heterocycles. The molecule has 0 amide bonds. The molecule has 0 saturated heterocycles. The number of aromatic nitrogens is 1. The van der Waals surface area contributed by atoms with Crippen molar-refractivity contribution in [2.45, 2.75) is 37.7 Å². The Balaban J connectivity index is 1.93. The molecule has 1 aliphatic rings. The summed E-state index contributed by atoms with van der Waals surface area (Å²) in [4.78, 5) is 0. The second kappa shape index (κ2) is 4.15. The fourth-order valence-corrected chi connectivity index (χ4v) is 2.97. The van der Waals surface area contributed by atoms with Gasteiger partial charge in [0.1, 0.15) is 17.2 Å². The summed E-state index contributed by atoms with van der Waals surface area (Å²) in [5, 5.41) is 12.7. The molecule has 1 aromatic rings. The van der Waals surface area contributed by atoms with Crippen LogP contribution >= 0.6 is 0 Å². The van der Waals surface area contributed by atoms with E-state index in [2.05, 4.69) is 9.88 Å². The van der Waals surface area contributed by atoms with Crippen LogP contribution < -0.4 is 4.72 Å². The van der Waals surface area contributed by atoms with Gasteiger partial charge in [-0.15, -0.1) is 0 Å². The van der Waals surface area contributed by atoms with Crippen LogP contribution in [0, 0.1) is 6.92 Å². The zero-order valence-corrected chi connectivity index (χ0v) is 9.70. The molecular weight excluding hydrogens is 232 g/mol. The van der Waals surface area contributed by atoms with E-state index in [1.807, 2.05) is 0 Å². The average Bonchev–Trinajstić information content (AvgIpc) is 2.47. The molecule has 16 heavy (non-hydrogen) atoms. The summed E-state index contributed by atoms with van der Waals surface area (Å²) in [6, 6.07) is 1.45. The predicted molar refractivity (Wildman–Crippen MR) is 56.0 cm³/mol. The van der Waals surface area contributed by atoms with Crippen LogP contribution in [0.15, 0.2) is 10.6 Å². The van der Waals surface area contributed by atoms with E-state index in [1.54, 1.807) is 13.0 Å². The molecule has 1 aliphatic carbocycles. The van der Waals surface area contributed by atoms with Crippen molar-refractivity contribution in [3.05, 3.63) is 17.5 Å². The lowest BCUT2D eigenvalue weighted by Gasteiger charge is -2.31. The number of nitrogens with zero attached hydrogens (tertiary/aromatic N) is 1. The fourth-order valence-electron chi connectivity index (χ4n) is 1.66. The number of nitrogens with one attached hydrogen (secondary N) is 1. The van der Waals surface area contributed by atoms with Crippen LogP contribution in [0.5, 0.6) is 0 Å². The smallest absolute Gasteiger partial charge is 0.217 e. The average molecular weight is 246 g/mol. The third-order valence-corrected chi connectivity index (χ3v) is 3.84. The van der Waals surface area contributed by atoms with Gasteiger partial charge >= 0.3 is 0 Å². The van der Waals surface area contributed by atoms with Crippen molar-refractivity contribution < 1.29 is 18.0 Å². The van der Waals surface area contributed by atoms with Crippen LogP contribution in [0.4, 0.5) is 0 Å². The van der Waals surface area contributed by atoms with Crippen LogP contribution in [-0.2, 0) is 15.8 Å². The minimum atomic E-state index is -3.39.